The van der Waals surface area contributed by atoms with Crippen LogP contribution < -0.4 is 5.32 Å². The van der Waals surface area contributed by atoms with E-state index < -0.39 is 0 Å². The highest BCUT2D eigenvalue weighted by molar-refractivity contribution is 7.99. The van der Waals surface area contributed by atoms with E-state index in [4.69, 9.17) is 0 Å². The minimum atomic E-state index is 0.781. The van der Waals surface area contributed by atoms with Gasteiger partial charge in [0.15, 0.2) is 0 Å². The van der Waals surface area contributed by atoms with E-state index >= 15 is 0 Å². The standard InChI is InChI=1S/C15H32N2S/c1-14(2)12-16-8-6-4-5-7-9-17-10-11-18-13-15(17)3/h14-16H,4-13H2,1-3H3. The maximum atomic E-state index is 3.52. The third-order valence-electron chi connectivity index (χ3n) is 3.61. The van der Waals surface area contributed by atoms with Crippen molar-refractivity contribution in [3.05, 3.63) is 0 Å². The molecule has 0 saturated carbocycles. The van der Waals surface area contributed by atoms with Crippen LogP contribution in [0.15, 0.2) is 0 Å². The van der Waals surface area contributed by atoms with Gasteiger partial charge in [0.25, 0.3) is 0 Å². The van der Waals surface area contributed by atoms with Gasteiger partial charge in [0.2, 0.25) is 0 Å². The van der Waals surface area contributed by atoms with E-state index in [2.05, 4.69) is 42.7 Å². The van der Waals surface area contributed by atoms with Crippen molar-refractivity contribution in [1.82, 2.24) is 10.2 Å². The van der Waals surface area contributed by atoms with Crippen LogP contribution in [-0.2, 0) is 0 Å². The molecular formula is C15H32N2S. The van der Waals surface area contributed by atoms with Crippen LogP contribution in [0, 0.1) is 5.92 Å². The van der Waals surface area contributed by atoms with Crippen LogP contribution in [-0.4, -0.2) is 48.6 Å². The van der Waals surface area contributed by atoms with Crippen LogP contribution in [0.1, 0.15) is 46.5 Å². The Morgan fingerprint density at radius 2 is 2.00 bits per heavy atom. The predicted octanol–water partition coefficient (Wildman–Crippen LogP) is 3.23. The molecule has 0 aliphatic carbocycles. The SMILES string of the molecule is CC(C)CNCCCCCCN1CCSCC1C. The summed E-state index contributed by atoms with van der Waals surface area (Å²) in [5, 5.41) is 3.52. The number of nitrogens with one attached hydrogen (secondary N) is 1. The lowest BCUT2D eigenvalue weighted by Gasteiger charge is -2.32. The molecule has 0 amide bonds. The first-order valence-electron chi connectivity index (χ1n) is 7.72. The molecule has 1 aliphatic rings. The number of hydrogen-bond acceptors (Lipinski definition) is 3. The van der Waals surface area contributed by atoms with Gasteiger partial charge in [0.1, 0.15) is 0 Å². The monoisotopic (exact) mass is 272 g/mol. The first-order chi connectivity index (χ1) is 8.70. The van der Waals surface area contributed by atoms with Crippen LogP contribution in [0.4, 0.5) is 0 Å². The minimum Gasteiger partial charge on any atom is -0.316 e. The average molecular weight is 273 g/mol. The fraction of sp³-hybridized carbons (Fsp3) is 1.00. The van der Waals surface area contributed by atoms with Crippen molar-refractivity contribution in [3.8, 4) is 0 Å². The van der Waals surface area contributed by atoms with Gasteiger partial charge in [-0.1, -0.05) is 26.7 Å². The summed E-state index contributed by atoms with van der Waals surface area (Å²) in [6, 6.07) is 0.802. The van der Waals surface area contributed by atoms with Crippen molar-refractivity contribution < 1.29 is 0 Å². The Hall–Kier alpha value is 0.270. The number of nitrogens with zero attached hydrogens (tertiary/aromatic N) is 1. The molecule has 1 fully saturated rings. The Balaban J connectivity index is 1.86. The van der Waals surface area contributed by atoms with Crippen molar-refractivity contribution in [2.24, 2.45) is 5.92 Å². The number of rotatable bonds is 9. The van der Waals surface area contributed by atoms with E-state index in [0.717, 1.165) is 12.0 Å². The van der Waals surface area contributed by atoms with Crippen molar-refractivity contribution >= 4 is 11.8 Å². The Kier molecular flexibility index (Phi) is 9.16. The normalized spacial score (nSPS) is 21.7. The van der Waals surface area contributed by atoms with Crippen molar-refractivity contribution in [2.45, 2.75) is 52.5 Å². The van der Waals surface area contributed by atoms with Crippen LogP contribution >= 0.6 is 11.8 Å². The molecule has 0 bridgehead atoms. The van der Waals surface area contributed by atoms with Gasteiger partial charge < -0.3 is 5.32 Å². The molecule has 108 valence electrons. The zero-order valence-electron chi connectivity index (χ0n) is 12.6. The molecule has 1 aliphatic heterocycles. The first-order valence-corrected chi connectivity index (χ1v) is 8.88. The third-order valence-corrected chi connectivity index (χ3v) is 4.80. The van der Waals surface area contributed by atoms with Gasteiger partial charge >= 0.3 is 0 Å². The first kappa shape index (κ1) is 16.3. The molecule has 0 aromatic heterocycles. The van der Waals surface area contributed by atoms with Gasteiger partial charge in [0, 0.05) is 24.1 Å². The molecule has 1 heterocycles. The third kappa shape index (κ3) is 7.65. The highest BCUT2D eigenvalue weighted by atomic mass is 32.2. The van der Waals surface area contributed by atoms with Gasteiger partial charge in [-0.25, -0.2) is 0 Å². The van der Waals surface area contributed by atoms with E-state index in [1.165, 1.54) is 63.4 Å². The summed E-state index contributed by atoms with van der Waals surface area (Å²) < 4.78 is 0. The zero-order valence-corrected chi connectivity index (χ0v) is 13.4. The van der Waals surface area contributed by atoms with E-state index in [-0.39, 0.29) is 0 Å². The Morgan fingerprint density at radius 1 is 1.22 bits per heavy atom. The van der Waals surface area contributed by atoms with E-state index in [0.29, 0.717) is 0 Å². The van der Waals surface area contributed by atoms with Crippen LogP contribution in [0.5, 0.6) is 0 Å². The largest absolute Gasteiger partial charge is 0.316 e. The fourth-order valence-electron chi connectivity index (χ4n) is 2.40. The molecule has 0 aromatic carbocycles. The summed E-state index contributed by atoms with van der Waals surface area (Å²) in [4.78, 5) is 2.67. The predicted molar refractivity (Wildman–Crippen MR) is 84.5 cm³/mol. The summed E-state index contributed by atoms with van der Waals surface area (Å²) in [5.41, 5.74) is 0. The number of unbranched alkanes of at least 4 members (excludes halogenated alkanes) is 3. The summed E-state index contributed by atoms with van der Waals surface area (Å²) in [5.74, 6) is 3.45. The maximum absolute atomic E-state index is 3.52. The molecule has 3 heteroatoms. The van der Waals surface area contributed by atoms with E-state index in [1.807, 2.05) is 0 Å². The Morgan fingerprint density at radius 3 is 2.72 bits per heavy atom. The topological polar surface area (TPSA) is 15.3 Å². The quantitative estimate of drug-likeness (QED) is 0.649. The minimum absolute atomic E-state index is 0.781. The molecule has 0 radical (unpaired) electrons. The van der Waals surface area contributed by atoms with Gasteiger partial charge in [0.05, 0.1) is 0 Å². The maximum Gasteiger partial charge on any atom is 0.0158 e. The van der Waals surface area contributed by atoms with Gasteiger partial charge in [-0.3, -0.25) is 4.90 Å². The van der Waals surface area contributed by atoms with Crippen molar-refractivity contribution in [2.75, 3.05) is 37.7 Å². The van der Waals surface area contributed by atoms with Gasteiger partial charge in [-0.05, 0) is 45.3 Å². The smallest absolute Gasteiger partial charge is 0.0158 e. The molecular weight excluding hydrogens is 240 g/mol. The summed E-state index contributed by atoms with van der Waals surface area (Å²) in [6.45, 7) is 11.9. The molecule has 1 unspecified atom stereocenters. The molecule has 1 rings (SSSR count). The van der Waals surface area contributed by atoms with Crippen molar-refractivity contribution in [1.29, 1.82) is 0 Å². The lowest BCUT2D eigenvalue weighted by atomic mass is 10.1. The second kappa shape index (κ2) is 10.1. The number of thioether (sulfide) groups is 1. The Bertz CT molecular complexity index is 197. The fourth-order valence-corrected chi connectivity index (χ4v) is 3.49. The van der Waals surface area contributed by atoms with Crippen LogP contribution in [0.2, 0.25) is 0 Å². The van der Waals surface area contributed by atoms with Crippen LogP contribution in [0.3, 0.4) is 0 Å². The van der Waals surface area contributed by atoms with Crippen molar-refractivity contribution in [3.63, 3.8) is 0 Å². The van der Waals surface area contributed by atoms with E-state index in [9.17, 15) is 0 Å². The molecule has 18 heavy (non-hydrogen) atoms. The molecule has 0 spiro atoms. The van der Waals surface area contributed by atoms with E-state index in [1.54, 1.807) is 0 Å². The second-order valence-corrected chi connectivity index (χ2v) is 7.12. The molecule has 1 saturated heterocycles. The molecule has 2 nitrogen and oxygen atoms in total. The molecule has 0 aromatic rings. The second-order valence-electron chi connectivity index (χ2n) is 5.97. The zero-order chi connectivity index (χ0) is 13.2. The lowest BCUT2D eigenvalue weighted by molar-refractivity contribution is 0.227. The van der Waals surface area contributed by atoms with Gasteiger partial charge in [-0.2, -0.15) is 11.8 Å². The summed E-state index contributed by atoms with van der Waals surface area (Å²) in [7, 11) is 0. The average Bonchev–Trinajstić information content (AvgIpc) is 2.34. The molecule has 1 N–H and O–H groups in total. The Labute approximate surface area is 118 Å². The number of hydrogen-bond donors (Lipinski definition) is 1. The van der Waals surface area contributed by atoms with Gasteiger partial charge in [-0.15, -0.1) is 0 Å². The highest BCUT2D eigenvalue weighted by Gasteiger charge is 2.17. The highest BCUT2D eigenvalue weighted by Crippen LogP contribution is 2.16. The summed E-state index contributed by atoms with van der Waals surface area (Å²) in [6.07, 6.45) is 5.53. The summed E-state index contributed by atoms with van der Waals surface area (Å²) >= 11 is 2.11. The molecule has 1 atom stereocenters. The lowest BCUT2D eigenvalue weighted by Crippen LogP contribution is -2.40. The van der Waals surface area contributed by atoms with Crippen LogP contribution in [0.25, 0.3) is 0 Å².